The van der Waals surface area contributed by atoms with Crippen LogP contribution in [0.2, 0.25) is 6.04 Å². The maximum atomic E-state index is 5.96. The van der Waals surface area contributed by atoms with Crippen molar-refractivity contribution in [3.63, 3.8) is 0 Å². The second-order valence-electron chi connectivity index (χ2n) is 4.35. The first-order valence-electron chi connectivity index (χ1n) is 6.72. The Bertz CT molecular complexity index is 173. The van der Waals surface area contributed by atoms with Crippen molar-refractivity contribution < 1.29 is 13.3 Å². The molecule has 0 amide bonds. The molecule has 0 fully saturated rings. The molecule has 5 heteroatoms. The Kier molecular flexibility index (Phi) is 10.1. The third-order valence-electron chi connectivity index (χ3n) is 2.24. The van der Waals surface area contributed by atoms with E-state index in [1.165, 1.54) is 0 Å². The van der Waals surface area contributed by atoms with Crippen molar-refractivity contribution in [1.82, 2.24) is 5.32 Å². The fraction of sp³-hybridized carbons (Fsp3) is 1.00. The second-order valence-corrected chi connectivity index (χ2v) is 6.99. The molecular weight excluding hydrogens is 234 g/mol. The van der Waals surface area contributed by atoms with E-state index < -0.39 is 8.80 Å². The van der Waals surface area contributed by atoms with E-state index in [4.69, 9.17) is 13.3 Å². The molecule has 0 bridgehead atoms. The molecule has 0 aliphatic heterocycles. The van der Waals surface area contributed by atoms with Crippen molar-refractivity contribution in [2.24, 2.45) is 5.92 Å². The summed E-state index contributed by atoms with van der Waals surface area (Å²) in [4.78, 5) is 0. The SMILES string of the molecule is CCNCCO[Si](CC(C)C)(OCC)OCC. The first-order chi connectivity index (χ1) is 8.10. The average Bonchev–Trinajstić information content (AvgIpc) is 2.24. The summed E-state index contributed by atoms with van der Waals surface area (Å²) >= 11 is 0. The molecule has 0 aromatic carbocycles. The Balaban J connectivity index is 4.31. The normalized spacial score (nSPS) is 12.4. The van der Waals surface area contributed by atoms with Crippen molar-refractivity contribution >= 4 is 8.80 Å². The van der Waals surface area contributed by atoms with Gasteiger partial charge in [-0.25, -0.2) is 0 Å². The standard InChI is InChI=1S/C12H29NO3Si/c1-6-13-9-10-16-17(14-7-2,15-8-3)11-12(4)5/h12-13H,6-11H2,1-5H3. The number of rotatable bonds is 11. The number of likely N-dealkylation sites (N-methyl/N-ethyl adjacent to an activating group) is 1. The van der Waals surface area contributed by atoms with E-state index in [1.807, 2.05) is 13.8 Å². The maximum Gasteiger partial charge on any atom is 0.501 e. The summed E-state index contributed by atoms with van der Waals surface area (Å²) in [7, 11) is -2.45. The molecule has 0 aromatic rings. The summed E-state index contributed by atoms with van der Waals surface area (Å²) in [6.07, 6.45) is 0. The van der Waals surface area contributed by atoms with Crippen LogP contribution in [0, 0.1) is 5.92 Å². The third kappa shape index (κ3) is 7.89. The van der Waals surface area contributed by atoms with Gasteiger partial charge in [-0.15, -0.1) is 0 Å². The quantitative estimate of drug-likeness (QED) is 0.458. The van der Waals surface area contributed by atoms with Gasteiger partial charge in [0, 0.05) is 25.8 Å². The molecule has 17 heavy (non-hydrogen) atoms. The van der Waals surface area contributed by atoms with Crippen molar-refractivity contribution in [1.29, 1.82) is 0 Å². The fourth-order valence-corrected chi connectivity index (χ4v) is 4.59. The lowest BCUT2D eigenvalue weighted by Crippen LogP contribution is -2.48. The van der Waals surface area contributed by atoms with E-state index >= 15 is 0 Å². The molecule has 0 spiro atoms. The Hall–Kier alpha value is 0.0569. The van der Waals surface area contributed by atoms with Crippen LogP contribution < -0.4 is 5.32 Å². The van der Waals surface area contributed by atoms with E-state index in [0.717, 1.165) is 19.1 Å². The van der Waals surface area contributed by atoms with Crippen LogP contribution in [0.1, 0.15) is 34.6 Å². The van der Waals surface area contributed by atoms with Gasteiger partial charge in [0.1, 0.15) is 0 Å². The zero-order valence-electron chi connectivity index (χ0n) is 12.0. The Morgan fingerprint density at radius 3 is 2.00 bits per heavy atom. The topological polar surface area (TPSA) is 39.7 Å². The molecule has 0 radical (unpaired) electrons. The Morgan fingerprint density at radius 2 is 1.59 bits per heavy atom. The third-order valence-corrected chi connectivity index (χ3v) is 5.66. The predicted octanol–water partition coefficient (Wildman–Crippen LogP) is 2.28. The summed E-state index contributed by atoms with van der Waals surface area (Å²) in [5, 5.41) is 3.24. The van der Waals surface area contributed by atoms with Gasteiger partial charge in [0.2, 0.25) is 0 Å². The summed E-state index contributed by atoms with van der Waals surface area (Å²) in [6.45, 7) is 14.2. The zero-order valence-corrected chi connectivity index (χ0v) is 13.0. The fourth-order valence-electron chi connectivity index (χ4n) is 1.70. The lowest BCUT2D eigenvalue weighted by Gasteiger charge is -2.30. The molecule has 0 aliphatic rings. The highest BCUT2D eigenvalue weighted by molar-refractivity contribution is 6.60. The average molecular weight is 263 g/mol. The Morgan fingerprint density at radius 1 is 1.00 bits per heavy atom. The minimum Gasteiger partial charge on any atom is -0.374 e. The van der Waals surface area contributed by atoms with Gasteiger partial charge in [-0.3, -0.25) is 0 Å². The van der Waals surface area contributed by atoms with E-state index in [0.29, 0.717) is 25.7 Å². The van der Waals surface area contributed by atoms with Gasteiger partial charge >= 0.3 is 8.80 Å². The van der Waals surface area contributed by atoms with Gasteiger partial charge in [-0.1, -0.05) is 20.8 Å². The molecule has 0 atom stereocenters. The van der Waals surface area contributed by atoms with Gasteiger partial charge in [0.25, 0.3) is 0 Å². The van der Waals surface area contributed by atoms with Crippen LogP contribution in [0.4, 0.5) is 0 Å². The zero-order chi connectivity index (χ0) is 13.1. The van der Waals surface area contributed by atoms with Crippen LogP contribution in [0.15, 0.2) is 0 Å². The molecule has 1 N–H and O–H groups in total. The van der Waals surface area contributed by atoms with Crippen molar-refractivity contribution in [3.8, 4) is 0 Å². The monoisotopic (exact) mass is 263 g/mol. The van der Waals surface area contributed by atoms with Gasteiger partial charge in [0.05, 0.1) is 6.61 Å². The molecular formula is C12H29NO3Si. The molecule has 4 nitrogen and oxygen atoms in total. The summed E-state index contributed by atoms with van der Waals surface area (Å²) in [6, 6.07) is 0.890. The minimum atomic E-state index is -2.45. The highest BCUT2D eigenvalue weighted by Crippen LogP contribution is 2.21. The smallest absolute Gasteiger partial charge is 0.374 e. The number of hydrogen-bond donors (Lipinski definition) is 1. The first kappa shape index (κ1) is 17.1. The van der Waals surface area contributed by atoms with E-state index in [-0.39, 0.29) is 0 Å². The van der Waals surface area contributed by atoms with Gasteiger partial charge in [-0.05, 0) is 26.3 Å². The molecule has 0 aromatic heterocycles. The molecule has 104 valence electrons. The second kappa shape index (κ2) is 10.0. The summed E-state index contributed by atoms with van der Waals surface area (Å²) in [5.41, 5.74) is 0. The van der Waals surface area contributed by atoms with E-state index in [1.54, 1.807) is 0 Å². The van der Waals surface area contributed by atoms with Crippen LogP contribution in [0.3, 0.4) is 0 Å². The number of hydrogen-bond acceptors (Lipinski definition) is 4. The highest BCUT2D eigenvalue weighted by Gasteiger charge is 2.41. The van der Waals surface area contributed by atoms with Crippen LogP contribution in [0.25, 0.3) is 0 Å². The Labute approximate surface area is 107 Å². The van der Waals surface area contributed by atoms with Crippen molar-refractivity contribution in [2.75, 3.05) is 32.9 Å². The lowest BCUT2D eigenvalue weighted by atomic mass is 10.3. The van der Waals surface area contributed by atoms with Crippen molar-refractivity contribution in [2.45, 2.75) is 40.7 Å². The highest BCUT2D eigenvalue weighted by atomic mass is 28.4. The number of nitrogens with one attached hydrogen (secondary N) is 1. The van der Waals surface area contributed by atoms with Crippen LogP contribution in [-0.4, -0.2) is 41.7 Å². The van der Waals surface area contributed by atoms with Crippen LogP contribution in [0.5, 0.6) is 0 Å². The molecule has 0 saturated heterocycles. The first-order valence-corrected chi connectivity index (χ1v) is 8.66. The van der Waals surface area contributed by atoms with E-state index in [9.17, 15) is 0 Å². The van der Waals surface area contributed by atoms with Gasteiger partial charge in [-0.2, -0.15) is 0 Å². The maximum absolute atomic E-state index is 5.96. The van der Waals surface area contributed by atoms with Gasteiger partial charge in [0.15, 0.2) is 0 Å². The largest absolute Gasteiger partial charge is 0.501 e. The molecule has 0 unspecified atom stereocenters. The molecule has 0 rings (SSSR count). The molecule has 0 aliphatic carbocycles. The predicted molar refractivity (Wildman–Crippen MR) is 73.1 cm³/mol. The molecule has 0 heterocycles. The lowest BCUT2D eigenvalue weighted by molar-refractivity contribution is 0.0649. The minimum absolute atomic E-state index is 0.527. The van der Waals surface area contributed by atoms with E-state index in [2.05, 4.69) is 26.1 Å². The van der Waals surface area contributed by atoms with Crippen molar-refractivity contribution in [3.05, 3.63) is 0 Å². The summed E-state index contributed by atoms with van der Waals surface area (Å²) in [5.74, 6) is 0.527. The summed E-state index contributed by atoms with van der Waals surface area (Å²) < 4.78 is 17.6. The molecule has 0 saturated carbocycles. The van der Waals surface area contributed by atoms with Crippen LogP contribution >= 0.6 is 0 Å². The van der Waals surface area contributed by atoms with Gasteiger partial charge < -0.3 is 18.6 Å². The van der Waals surface area contributed by atoms with Crippen LogP contribution in [-0.2, 0) is 13.3 Å².